The van der Waals surface area contributed by atoms with Crippen LogP contribution in [0.2, 0.25) is 0 Å². The molecule has 0 saturated carbocycles. The van der Waals surface area contributed by atoms with Gasteiger partial charge in [-0.05, 0) is 103 Å². The normalized spacial score (nSPS) is 18.9. The zero-order valence-electron chi connectivity index (χ0n) is 71.5. The first-order valence-corrected chi connectivity index (χ1v) is 56.0. The standard InChI is InChI=1S/C84H170O9S8.H3O4P/c1-17-33-41-49-65-73(57-25-9)94(86)81(95(87)74(58-26-10)66-50-42-34-18-2)82(96(88)75(59-27-11)67-51-43-35-19-3,97(89)76(60-28-12)68-52-44-36-20-4)83(98(90)77(61-29-13)69-53-45-37-21-5,99(91)78(62-30-14)70-54-46-38-22-6)84(85,100(92)79(63-31-15)71-55-47-39-23-7)101(93)80(64-32-16)72-56-48-40-24-8;1-5(2,3)4/h73-81,85H,17-72H2,1-16H3;(H3,1,2,3,4). The van der Waals surface area contributed by atoms with Crippen LogP contribution < -0.4 is 0 Å². The van der Waals surface area contributed by atoms with Crippen molar-refractivity contribution in [3.05, 3.63) is 0 Å². The van der Waals surface area contributed by atoms with Crippen molar-refractivity contribution in [3.63, 3.8) is 0 Å². The molecule has 0 bridgehead atoms. The SMILES string of the molecule is CCCCCCC(CCC)S(=O)C(S(=O)C(CCC)CCCCCC)C(S(=O)C(CCC)CCCCCC)(S(=O)C(CCC)CCCCCC)C(S(=O)C(CCC)CCCCCC)(S(=O)C(CCC)CCCCCC)C(O)(S(=O)C(CCC)CCCCCC)S(=O)C(CCC)CCCCCC.O=P(O)(O)O. The number of aliphatic hydroxyl groups is 1. The molecule has 0 radical (unpaired) electrons. The van der Waals surface area contributed by atoms with Crippen LogP contribution in [0.3, 0.4) is 0 Å². The molecule has 0 aromatic rings. The lowest BCUT2D eigenvalue weighted by atomic mass is 10.1. The van der Waals surface area contributed by atoms with E-state index in [4.69, 9.17) is 19.2 Å². The minimum absolute atomic E-state index is 0.329. The first-order valence-electron chi connectivity index (χ1n) is 44.6. The zero-order valence-corrected chi connectivity index (χ0v) is 78.9. The quantitative estimate of drug-likeness (QED) is 0.0328. The van der Waals surface area contributed by atoms with E-state index in [9.17, 15) is 0 Å². The summed E-state index contributed by atoms with van der Waals surface area (Å²) < 4.78 is 151. The van der Waals surface area contributed by atoms with Crippen LogP contribution >= 0.6 is 7.82 Å². The van der Waals surface area contributed by atoms with E-state index in [0.29, 0.717) is 193 Å². The van der Waals surface area contributed by atoms with E-state index in [1.54, 1.807) is 0 Å². The maximum Gasteiger partial charge on any atom is 0.466 e. The summed E-state index contributed by atoms with van der Waals surface area (Å²) in [6, 6.07) is 0. The Bertz CT molecular complexity index is 2240. The first-order chi connectivity index (χ1) is 50.8. The Morgan fingerprint density at radius 3 is 0.566 bits per heavy atom. The molecule has 0 aromatic carbocycles. The van der Waals surface area contributed by atoms with E-state index in [1.165, 1.54) is 0 Å². The fourth-order valence-corrected chi connectivity index (χ4v) is 43.3. The van der Waals surface area contributed by atoms with Gasteiger partial charge in [-0.3, -0.25) is 33.7 Å². The maximum atomic E-state index is 19.6. The molecule has 0 fully saturated rings. The molecule has 640 valence electrons. The highest BCUT2D eigenvalue weighted by Crippen LogP contribution is 2.61. The fraction of sp³-hybridized carbons (Fsp3) is 1.00. The molecule has 13 nitrogen and oxygen atoms in total. The predicted octanol–water partition coefficient (Wildman–Crippen LogP) is 24.5. The van der Waals surface area contributed by atoms with Crippen molar-refractivity contribution < 1.29 is 58.0 Å². The lowest BCUT2D eigenvalue weighted by Crippen LogP contribution is -2.84. The van der Waals surface area contributed by atoms with Gasteiger partial charge in [-0.25, -0.2) is 4.57 Å². The maximum absolute atomic E-state index is 19.6. The Morgan fingerprint density at radius 2 is 0.387 bits per heavy atom. The number of hydrogen-bond donors (Lipinski definition) is 4. The van der Waals surface area contributed by atoms with Gasteiger partial charge in [-0.15, -0.1) is 0 Å². The Morgan fingerprint density at radius 1 is 0.226 bits per heavy atom. The van der Waals surface area contributed by atoms with Crippen LogP contribution in [0.4, 0.5) is 0 Å². The summed E-state index contributed by atoms with van der Waals surface area (Å²) in [5, 5.41) is 10.4. The molecule has 0 spiro atoms. The lowest BCUT2D eigenvalue weighted by Gasteiger charge is -2.59. The number of phosphoric acid groups is 1. The topological polar surface area (TPSA) is 235 Å². The van der Waals surface area contributed by atoms with E-state index in [2.05, 4.69) is 111 Å². The van der Waals surface area contributed by atoms with Crippen LogP contribution in [0.1, 0.15) is 470 Å². The molecule has 22 heteroatoms. The van der Waals surface area contributed by atoms with Crippen molar-refractivity contribution in [2.45, 2.75) is 529 Å². The highest BCUT2D eigenvalue weighted by atomic mass is 32.3. The molecule has 0 aliphatic rings. The van der Waals surface area contributed by atoms with Gasteiger partial charge in [0.25, 0.3) is 0 Å². The average Bonchev–Trinajstić information content (AvgIpc) is 0.661. The third-order valence-electron chi connectivity index (χ3n) is 21.7. The minimum Gasteiger partial charge on any atom is -0.365 e. The van der Waals surface area contributed by atoms with Gasteiger partial charge in [-0.2, -0.15) is 0 Å². The highest BCUT2D eigenvalue weighted by molar-refractivity contribution is 8.17. The molecular weight excluding hydrogens is 1500 g/mol. The molecule has 0 amide bonds. The summed E-state index contributed by atoms with van der Waals surface area (Å²) in [5.74, 6) is 0. The molecular formula is C84H173O13PS8. The first kappa shape index (κ1) is 109. The number of unbranched alkanes of at least 4 members (excludes halogenated alkanes) is 24. The molecule has 0 saturated heterocycles. The molecule has 106 heavy (non-hydrogen) atoms. The smallest absolute Gasteiger partial charge is 0.365 e. The minimum atomic E-state index is -4.64. The van der Waals surface area contributed by atoms with Crippen LogP contribution in [0.25, 0.3) is 0 Å². The molecule has 4 N–H and O–H groups in total. The van der Waals surface area contributed by atoms with Gasteiger partial charge in [-0.1, -0.05) is 368 Å². The van der Waals surface area contributed by atoms with Gasteiger partial charge in [0.15, 0.2) is 4.08 Å². The predicted molar refractivity (Wildman–Crippen MR) is 473 cm³/mol. The molecule has 0 aromatic heterocycles. The highest BCUT2D eigenvalue weighted by Gasteiger charge is 2.85. The Labute approximate surface area is 676 Å². The summed E-state index contributed by atoms with van der Waals surface area (Å²) >= 11 is 0. The Balaban J connectivity index is 0. The second kappa shape index (κ2) is 67.3. The third kappa shape index (κ3) is 38.1. The van der Waals surface area contributed by atoms with Crippen molar-refractivity contribution in [3.8, 4) is 0 Å². The van der Waals surface area contributed by atoms with Crippen LogP contribution in [0.5, 0.6) is 0 Å². The van der Waals surface area contributed by atoms with Gasteiger partial charge in [0.2, 0.25) is 8.34 Å². The van der Waals surface area contributed by atoms with Gasteiger partial charge in [0, 0.05) is 85.2 Å². The average molecular weight is 1680 g/mol. The molecule has 16 unspecified atom stereocenters. The van der Waals surface area contributed by atoms with E-state index < -0.39 is 153 Å². The van der Waals surface area contributed by atoms with Crippen LogP contribution in [-0.4, -0.2) is 112 Å². The van der Waals surface area contributed by atoms with E-state index in [0.717, 1.165) is 167 Å². The molecule has 0 rings (SSSR count). The molecule has 0 aliphatic heterocycles. The van der Waals surface area contributed by atoms with Crippen LogP contribution in [0, 0.1) is 0 Å². The summed E-state index contributed by atoms with van der Waals surface area (Å²) in [4.78, 5) is 21.6. The molecule has 16 atom stereocenters. The number of rotatable bonds is 75. The van der Waals surface area contributed by atoms with Crippen molar-refractivity contribution in [2.75, 3.05) is 0 Å². The Kier molecular flexibility index (Phi) is 69.4. The second-order valence-corrected chi connectivity index (χ2v) is 48.2. The van der Waals surface area contributed by atoms with Crippen LogP contribution in [0.15, 0.2) is 0 Å². The van der Waals surface area contributed by atoms with Gasteiger partial charge in [0.1, 0.15) is 4.58 Å². The summed E-state index contributed by atoms with van der Waals surface area (Å²) in [6.45, 7) is 34.1. The summed E-state index contributed by atoms with van der Waals surface area (Å²) in [6.07, 6.45) is 38.1. The zero-order chi connectivity index (χ0) is 80.4. The molecule has 0 heterocycles. The largest absolute Gasteiger partial charge is 0.466 e. The van der Waals surface area contributed by atoms with Crippen molar-refractivity contribution in [2.24, 2.45) is 0 Å². The van der Waals surface area contributed by atoms with Crippen molar-refractivity contribution in [1.29, 1.82) is 0 Å². The van der Waals surface area contributed by atoms with E-state index in [-0.39, 0.29) is 0 Å². The molecule has 0 aliphatic carbocycles. The third-order valence-corrected chi connectivity index (χ3v) is 44.1. The van der Waals surface area contributed by atoms with Gasteiger partial charge in [0.05, 0.1) is 43.2 Å². The summed E-state index contributed by atoms with van der Waals surface area (Å²) in [5.41, 5.74) is 0. The van der Waals surface area contributed by atoms with E-state index >= 15 is 38.8 Å². The van der Waals surface area contributed by atoms with Gasteiger partial charge >= 0.3 is 7.82 Å². The summed E-state index contributed by atoms with van der Waals surface area (Å²) in [7, 11) is -25.5. The Hall–Kier alpha value is 1.27. The van der Waals surface area contributed by atoms with Crippen molar-refractivity contribution >= 4 is 94.2 Å². The van der Waals surface area contributed by atoms with Crippen molar-refractivity contribution in [1.82, 2.24) is 0 Å². The van der Waals surface area contributed by atoms with Gasteiger partial charge < -0.3 is 19.8 Å². The second-order valence-electron chi connectivity index (χ2n) is 31.2. The lowest BCUT2D eigenvalue weighted by molar-refractivity contribution is 0.187. The monoisotopic (exact) mass is 1680 g/mol. The fourth-order valence-electron chi connectivity index (χ4n) is 15.9. The van der Waals surface area contributed by atoms with Crippen LogP contribution in [-0.2, 0) is 91.0 Å². The number of hydrogen-bond acceptors (Lipinski definition) is 10. The van der Waals surface area contributed by atoms with E-state index in [1.807, 2.05) is 0 Å².